The van der Waals surface area contributed by atoms with Crippen LogP contribution in [0.4, 0.5) is 0 Å². The van der Waals surface area contributed by atoms with Crippen LogP contribution in [0.25, 0.3) is 22.3 Å². The quantitative estimate of drug-likeness (QED) is 0.203. The van der Waals surface area contributed by atoms with Gasteiger partial charge < -0.3 is 10.2 Å². The zero-order valence-corrected chi connectivity index (χ0v) is 28.8. The summed E-state index contributed by atoms with van der Waals surface area (Å²) in [4.78, 5) is 0. The lowest BCUT2D eigenvalue weighted by molar-refractivity contribution is 0.462. The standard InChI is InChI=1S/C42H54O2/c1-11-27(3)29-15-19-35(37(25-29)41(5,6)7)31-17-21-39(43)33(23-31)13-14-34-24-32(18-22-40(34)44)36-20-16-30(28(4)12-2)26-38(36)42(8,9)10/h15-28,43-44H,11-14H2,1-10H3. The molecule has 0 aliphatic rings. The molecule has 4 aromatic rings. The van der Waals surface area contributed by atoms with Crippen LogP contribution in [0.1, 0.15) is 127 Å². The summed E-state index contributed by atoms with van der Waals surface area (Å²) in [5.74, 6) is 1.63. The number of benzene rings is 4. The van der Waals surface area contributed by atoms with Crippen molar-refractivity contribution >= 4 is 0 Å². The van der Waals surface area contributed by atoms with Gasteiger partial charge in [0.05, 0.1) is 0 Å². The van der Waals surface area contributed by atoms with Crippen molar-refractivity contribution in [3.05, 3.63) is 106 Å². The Balaban J connectivity index is 1.68. The second kappa shape index (κ2) is 13.2. The van der Waals surface area contributed by atoms with Crippen LogP contribution in [0.15, 0.2) is 72.8 Å². The highest BCUT2D eigenvalue weighted by atomic mass is 16.3. The highest BCUT2D eigenvalue weighted by Gasteiger charge is 2.23. The number of hydrogen-bond donors (Lipinski definition) is 2. The maximum Gasteiger partial charge on any atom is 0.118 e. The number of phenolic OH excluding ortho intramolecular Hbond substituents is 2. The predicted octanol–water partition coefficient (Wildman–Crippen LogP) is 11.8. The number of aryl methyl sites for hydroxylation is 2. The van der Waals surface area contributed by atoms with Gasteiger partial charge in [-0.2, -0.15) is 0 Å². The lowest BCUT2D eigenvalue weighted by Gasteiger charge is -2.26. The van der Waals surface area contributed by atoms with Gasteiger partial charge in [-0.25, -0.2) is 0 Å². The Labute approximate surface area is 267 Å². The van der Waals surface area contributed by atoms with E-state index in [1.165, 1.54) is 33.4 Å². The summed E-state index contributed by atoms with van der Waals surface area (Å²) in [7, 11) is 0. The van der Waals surface area contributed by atoms with E-state index in [9.17, 15) is 10.2 Å². The van der Waals surface area contributed by atoms with Gasteiger partial charge in [-0.15, -0.1) is 0 Å². The number of aromatic hydroxyl groups is 2. The Morgan fingerprint density at radius 2 is 0.886 bits per heavy atom. The highest BCUT2D eigenvalue weighted by Crippen LogP contribution is 2.39. The van der Waals surface area contributed by atoms with E-state index in [4.69, 9.17) is 0 Å². The van der Waals surface area contributed by atoms with Crippen molar-refractivity contribution in [2.75, 3.05) is 0 Å². The van der Waals surface area contributed by atoms with Crippen LogP contribution in [0.2, 0.25) is 0 Å². The summed E-state index contributed by atoms with van der Waals surface area (Å²) < 4.78 is 0. The van der Waals surface area contributed by atoms with Gasteiger partial charge in [-0.05, 0) is 128 Å². The van der Waals surface area contributed by atoms with E-state index in [2.05, 4.69) is 118 Å². The van der Waals surface area contributed by atoms with E-state index in [1.54, 1.807) is 0 Å². The van der Waals surface area contributed by atoms with E-state index < -0.39 is 0 Å². The maximum atomic E-state index is 10.9. The summed E-state index contributed by atoms with van der Waals surface area (Å²) in [6, 6.07) is 25.8. The normalized spacial score (nSPS) is 13.6. The summed E-state index contributed by atoms with van der Waals surface area (Å²) in [5, 5.41) is 21.8. The molecule has 2 atom stereocenters. The minimum atomic E-state index is -0.0121. The fourth-order valence-electron chi connectivity index (χ4n) is 6.13. The molecular formula is C42H54O2. The molecule has 0 fully saturated rings. The van der Waals surface area contributed by atoms with Crippen molar-refractivity contribution in [3.63, 3.8) is 0 Å². The molecule has 4 rings (SSSR count). The smallest absolute Gasteiger partial charge is 0.118 e. The average molecular weight is 591 g/mol. The molecule has 2 unspecified atom stereocenters. The van der Waals surface area contributed by atoms with Crippen molar-refractivity contribution in [1.29, 1.82) is 0 Å². The fourth-order valence-corrected chi connectivity index (χ4v) is 6.13. The molecule has 0 bridgehead atoms. The second-order valence-corrected chi connectivity index (χ2v) is 14.9. The Morgan fingerprint density at radius 3 is 1.20 bits per heavy atom. The second-order valence-electron chi connectivity index (χ2n) is 14.9. The molecule has 4 aromatic carbocycles. The third-order valence-electron chi connectivity index (χ3n) is 9.51. The van der Waals surface area contributed by atoms with E-state index >= 15 is 0 Å². The molecule has 2 N–H and O–H groups in total. The lowest BCUT2D eigenvalue weighted by atomic mass is 9.79. The number of rotatable bonds is 9. The van der Waals surface area contributed by atoms with Gasteiger partial charge in [0.15, 0.2) is 0 Å². The van der Waals surface area contributed by atoms with Crippen molar-refractivity contribution in [2.45, 2.75) is 118 Å². The van der Waals surface area contributed by atoms with Crippen molar-refractivity contribution in [3.8, 4) is 33.8 Å². The number of hydrogen-bond acceptors (Lipinski definition) is 2. The molecule has 0 radical (unpaired) electrons. The molecule has 0 saturated carbocycles. The van der Waals surface area contributed by atoms with Crippen molar-refractivity contribution < 1.29 is 10.2 Å². The molecule has 0 amide bonds. The number of phenols is 2. The van der Waals surface area contributed by atoms with Crippen LogP contribution in [-0.4, -0.2) is 10.2 Å². The maximum absolute atomic E-state index is 10.9. The van der Waals surface area contributed by atoms with Crippen LogP contribution < -0.4 is 0 Å². The van der Waals surface area contributed by atoms with E-state index in [0.717, 1.165) is 35.1 Å². The predicted molar refractivity (Wildman–Crippen MR) is 189 cm³/mol. The topological polar surface area (TPSA) is 40.5 Å². The monoisotopic (exact) mass is 590 g/mol. The molecule has 44 heavy (non-hydrogen) atoms. The molecule has 0 aliphatic carbocycles. The highest BCUT2D eigenvalue weighted by molar-refractivity contribution is 5.72. The van der Waals surface area contributed by atoms with Gasteiger partial charge in [0.25, 0.3) is 0 Å². The third-order valence-corrected chi connectivity index (χ3v) is 9.51. The van der Waals surface area contributed by atoms with E-state index in [0.29, 0.717) is 36.2 Å². The van der Waals surface area contributed by atoms with Crippen LogP contribution >= 0.6 is 0 Å². The van der Waals surface area contributed by atoms with Gasteiger partial charge >= 0.3 is 0 Å². The first-order valence-corrected chi connectivity index (χ1v) is 16.6. The van der Waals surface area contributed by atoms with Gasteiger partial charge in [0.2, 0.25) is 0 Å². The molecule has 0 aliphatic heterocycles. The Kier molecular flexibility index (Phi) is 10.0. The van der Waals surface area contributed by atoms with Gasteiger partial charge in [0, 0.05) is 0 Å². The molecule has 0 heterocycles. The summed E-state index contributed by atoms with van der Waals surface area (Å²) in [5.41, 5.74) is 11.8. The van der Waals surface area contributed by atoms with Crippen LogP contribution in [-0.2, 0) is 23.7 Å². The van der Waals surface area contributed by atoms with Crippen LogP contribution in [0, 0.1) is 0 Å². The molecule has 234 valence electrons. The molecule has 2 nitrogen and oxygen atoms in total. The Bertz CT molecular complexity index is 1470. The zero-order valence-electron chi connectivity index (χ0n) is 28.8. The Hall–Kier alpha value is -3.52. The largest absolute Gasteiger partial charge is 0.508 e. The van der Waals surface area contributed by atoms with E-state index in [1.807, 2.05) is 24.3 Å². The van der Waals surface area contributed by atoms with Crippen molar-refractivity contribution in [1.82, 2.24) is 0 Å². The van der Waals surface area contributed by atoms with E-state index in [-0.39, 0.29) is 10.8 Å². The van der Waals surface area contributed by atoms with Crippen molar-refractivity contribution in [2.24, 2.45) is 0 Å². The van der Waals surface area contributed by atoms with Crippen LogP contribution in [0.5, 0.6) is 11.5 Å². The van der Waals surface area contributed by atoms with Crippen LogP contribution in [0.3, 0.4) is 0 Å². The molecule has 0 saturated heterocycles. The zero-order chi connectivity index (χ0) is 32.4. The first-order chi connectivity index (χ1) is 20.6. The first kappa shape index (κ1) is 33.4. The lowest BCUT2D eigenvalue weighted by Crippen LogP contribution is -2.14. The fraction of sp³-hybridized carbons (Fsp3) is 0.429. The minimum absolute atomic E-state index is 0.0121. The molecule has 0 aromatic heterocycles. The van der Waals surface area contributed by atoms with Gasteiger partial charge in [-0.1, -0.05) is 118 Å². The first-order valence-electron chi connectivity index (χ1n) is 16.6. The third kappa shape index (κ3) is 7.40. The Morgan fingerprint density at radius 1 is 0.523 bits per heavy atom. The average Bonchev–Trinajstić information content (AvgIpc) is 2.99. The summed E-state index contributed by atoms with van der Waals surface area (Å²) in [6.45, 7) is 22.7. The molecule has 2 heteroatoms. The summed E-state index contributed by atoms with van der Waals surface area (Å²) in [6.07, 6.45) is 3.49. The van der Waals surface area contributed by atoms with Gasteiger partial charge in [0.1, 0.15) is 11.5 Å². The molecule has 0 spiro atoms. The SMILES string of the molecule is CCC(C)c1ccc(-c2ccc(O)c(CCc3cc(-c4ccc(C(C)CC)cc4C(C)(C)C)ccc3O)c2)c(C(C)(C)C)c1. The molecular weight excluding hydrogens is 536 g/mol. The van der Waals surface area contributed by atoms with Gasteiger partial charge in [-0.3, -0.25) is 0 Å². The minimum Gasteiger partial charge on any atom is -0.508 e. The summed E-state index contributed by atoms with van der Waals surface area (Å²) >= 11 is 0.